The van der Waals surface area contributed by atoms with Gasteiger partial charge in [-0.3, -0.25) is 4.79 Å². The molecule has 24 heavy (non-hydrogen) atoms. The summed E-state index contributed by atoms with van der Waals surface area (Å²) in [6, 6.07) is 7.39. The highest BCUT2D eigenvalue weighted by molar-refractivity contribution is 6.03. The van der Waals surface area contributed by atoms with Crippen molar-refractivity contribution in [2.75, 3.05) is 36.4 Å². The molecule has 1 unspecified atom stereocenters. The number of benzene rings is 1. The molecule has 1 fully saturated rings. The van der Waals surface area contributed by atoms with E-state index in [9.17, 15) is 4.79 Å². The number of rotatable bonds is 5. The lowest BCUT2D eigenvalue weighted by Crippen LogP contribution is -2.49. The molecule has 5 nitrogen and oxygen atoms in total. The van der Waals surface area contributed by atoms with Crippen molar-refractivity contribution >= 4 is 17.3 Å². The Morgan fingerprint density at radius 1 is 1.33 bits per heavy atom. The van der Waals surface area contributed by atoms with E-state index in [1.807, 2.05) is 12.1 Å². The summed E-state index contributed by atoms with van der Waals surface area (Å²) in [4.78, 5) is 17.2. The van der Waals surface area contributed by atoms with Crippen molar-refractivity contribution in [2.45, 2.75) is 31.7 Å². The molecule has 2 aliphatic rings. The normalized spacial score (nSPS) is 20.9. The number of nitrogens with one attached hydrogen (secondary N) is 1. The van der Waals surface area contributed by atoms with E-state index < -0.39 is 0 Å². The molecular weight excluding hydrogens is 300 g/mol. The summed E-state index contributed by atoms with van der Waals surface area (Å²) in [5, 5.41) is 12.0. The highest BCUT2D eigenvalue weighted by Gasteiger charge is 2.32. The number of nitrogens with zero attached hydrogens (tertiary/aromatic N) is 3. The third kappa shape index (κ3) is 3.44. The van der Waals surface area contributed by atoms with Gasteiger partial charge in [0.25, 0.3) is 0 Å². The molecule has 1 aromatic rings. The van der Waals surface area contributed by atoms with Crippen molar-refractivity contribution in [3.05, 3.63) is 36.4 Å². The van der Waals surface area contributed by atoms with E-state index >= 15 is 0 Å². The maximum absolute atomic E-state index is 12.6. The molecule has 1 amide bonds. The van der Waals surface area contributed by atoms with Gasteiger partial charge < -0.3 is 15.1 Å². The number of nitriles is 1. The van der Waals surface area contributed by atoms with Crippen LogP contribution in [0.2, 0.25) is 0 Å². The van der Waals surface area contributed by atoms with Gasteiger partial charge in [-0.15, -0.1) is 6.58 Å². The quantitative estimate of drug-likeness (QED) is 0.846. The monoisotopic (exact) mass is 324 g/mol. The lowest BCUT2D eigenvalue weighted by molar-refractivity contribution is -0.117. The summed E-state index contributed by atoms with van der Waals surface area (Å²) < 4.78 is 0. The molecule has 0 radical (unpaired) electrons. The second-order valence-corrected chi connectivity index (χ2v) is 6.48. The standard InChI is InChI=1S/C19H24N4O/c1-2-9-23-17-7-6-15(14-20)13-16(17)21-19(24)18(23)8-12-22-10-4-3-5-11-22/h2,6-7,13,18H,1,3-5,8-12H2,(H,21,24). The molecule has 3 rings (SSSR count). The van der Waals surface area contributed by atoms with Crippen LogP contribution >= 0.6 is 0 Å². The van der Waals surface area contributed by atoms with Crippen molar-refractivity contribution in [1.29, 1.82) is 5.26 Å². The molecule has 0 spiro atoms. The number of hydrogen-bond donors (Lipinski definition) is 1. The molecule has 1 atom stereocenters. The van der Waals surface area contributed by atoms with Crippen molar-refractivity contribution in [2.24, 2.45) is 0 Å². The van der Waals surface area contributed by atoms with E-state index in [0.717, 1.165) is 37.4 Å². The van der Waals surface area contributed by atoms with Gasteiger partial charge in [-0.25, -0.2) is 0 Å². The van der Waals surface area contributed by atoms with Crippen LogP contribution in [0.3, 0.4) is 0 Å². The molecule has 0 aliphatic carbocycles. The minimum Gasteiger partial charge on any atom is -0.354 e. The first-order valence-corrected chi connectivity index (χ1v) is 8.68. The summed E-state index contributed by atoms with van der Waals surface area (Å²) in [5.41, 5.74) is 2.24. The Kier molecular flexibility index (Phi) is 5.17. The fraction of sp³-hybridized carbons (Fsp3) is 0.474. The van der Waals surface area contributed by atoms with Crippen LogP contribution < -0.4 is 10.2 Å². The summed E-state index contributed by atoms with van der Waals surface area (Å²) in [6.07, 6.45) is 6.46. The average Bonchev–Trinajstić information content (AvgIpc) is 2.61. The molecule has 2 heterocycles. The van der Waals surface area contributed by atoms with Crippen LogP contribution in [0, 0.1) is 11.3 Å². The zero-order valence-corrected chi connectivity index (χ0v) is 14.0. The molecule has 1 aromatic carbocycles. The van der Waals surface area contributed by atoms with Gasteiger partial charge in [-0.2, -0.15) is 5.26 Å². The van der Waals surface area contributed by atoms with Gasteiger partial charge in [0.1, 0.15) is 6.04 Å². The second-order valence-electron chi connectivity index (χ2n) is 6.48. The topological polar surface area (TPSA) is 59.4 Å². The lowest BCUT2D eigenvalue weighted by Gasteiger charge is -2.38. The molecular formula is C19H24N4O. The van der Waals surface area contributed by atoms with Crippen LogP contribution in [0.5, 0.6) is 0 Å². The molecule has 126 valence electrons. The Morgan fingerprint density at radius 2 is 2.12 bits per heavy atom. The first-order valence-electron chi connectivity index (χ1n) is 8.68. The van der Waals surface area contributed by atoms with Gasteiger partial charge in [-0.1, -0.05) is 12.5 Å². The van der Waals surface area contributed by atoms with Gasteiger partial charge in [-0.05, 0) is 50.6 Å². The zero-order chi connectivity index (χ0) is 16.9. The number of anilines is 2. The number of carbonyl (C=O) groups excluding carboxylic acids is 1. The smallest absolute Gasteiger partial charge is 0.247 e. The summed E-state index contributed by atoms with van der Waals surface area (Å²) in [6.45, 7) is 7.67. The first kappa shape index (κ1) is 16.5. The van der Waals surface area contributed by atoms with E-state index in [4.69, 9.17) is 5.26 Å². The van der Waals surface area contributed by atoms with Gasteiger partial charge in [0.2, 0.25) is 5.91 Å². The molecule has 1 N–H and O–H groups in total. The van der Waals surface area contributed by atoms with Crippen LogP contribution in [0.4, 0.5) is 11.4 Å². The van der Waals surface area contributed by atoms with Crippen molar-refractivity contribution in [3.8, 4) is 6.07 Å². The van der Waals surface area contributed by atoms with Crippen LogP contribution in [0.15, 0.2) is 30.9 Å². The molecule has 0 saturated carbocycles. The highest BCUT2D eigenvalue weighted by atomic mass is 16.2. The molecule has 5 heteroatoms. The number of amides is 1. The molecule has 0 aromatic heterocycles. The lowest BCUT2D eigenvalue weighted by atomic mass is 10.0. The molecule has 2 aliphatic heterocycles. The maximum atomic E-state index is 12.6. The van der Waals surface area contributed by atoms with Crippen molar-refractivity contribution in [1.82, 2.24) is 4.90 Å². The van der Waals surface area contributed by atoms with E-state index in [1.165, 1.54) is 19.3 Å². The van der Waals surface area contributed by atoms with Crippen LogP contribution in [-0.2, 0) is 4.79 Å². The van der Waals surface area contributed by atoms with Gasteiger partial charge >= 0.3 is 0 Å². The van der Waals surface area contributed by atoms with Gasteiger partial charge in [0.05, 0.1) is 23.0 Å². The van der Waals surface area contributed by atoms with Crippen LogP contribution in [-0.4, -0.2) is 43.0 Å². The second kappa shape index (κ2) is 7.50. The van der Waals surface area contributed by atoms with Gasteiger partial charge in [0, 0.05) is 13.1 Å². The van der Waals surface area contributed by atoms with Crippen molar-refractivity contribution < 1.29 is 4.79 Å². The number of fused-ring (bicyclic) bond motifs is 1. The van der Waals surface area contributed by atoms with Gasteiger partial charge in [0.15, 0.2) is 0 Å². The average molecular weight is 324 g/mol. The summed E-state index contributed by atoms with van der Waals surface area (Å²) in [5.74, 6) is 0.0106. The SMILES string of the molecule is C=CCN1c2ccc(C#N)cc2NC(=O)C1CCN1CCCCC1. The molecule has 0 bridgehead atoms. The Bertz CT molecular complexity index is 658. The number of likely N-dealkylation sites (tertiary alicyclic amines) is 1. The Balaban J connectivity index is 1.78. The summed E-state index contributed by atoms with van der Waals surface area (Å²) >= 11 is 0. The third-order valence-corrected chi connectivity index (χ3v) is 4.87. The predicted octanol–water partition coefficient (Wildman–Crippen LogP) is 2.75. The number of carbonyl (C=O) groups is 1. The maximum Gasteiger partial charge on any atom is 0.247 e. The van der Waals surface area contributed by atoms with Crippen molar-refractivity contribution in [3.63, 3.8) is 0 Å². The largest absolute Gasteiger partial charge is 0.354 e. The highest BCUT2D eigenvalue weighted by Crippen LogP contribution is 2.33. The van der Waals surface area contributed by atoms with Crippen LogP contribution in [0.25, 0.3) is 0 Å². The van der Waals surface area contributed by atoms with Crippen LogP contribution in [0.1, 0.15) is 31.2 Å². The van der Waals surface area contributed by atoms with E-state index in [-0.39, 0.29) is 11.9 Å². The summed E-state index contributed by atoms with van der Waals surface area (Å²) in [7, 11) is 0. The number of piperidine rings is 1. The minimum absolute atomic E-state index is 0.0106. The van der Waals surface area contributed by atoms with E-state index in [1.54, 1.807) is 12.1 Å². The van der Waals surface area contributed by atoms with E-state index in [0.29, 0.717) is 12.1 Å². The fourth-order valence-corrected chi connectivity index (χ4v) is 3.62. The fourth-order valence-electron chi connectivity index (χ4n) is 3.62. The molecule has 1 saturated heterocycles. The Labute approximate surface area is 143 Å². The predicted molar refractivity (Wildman–Crippen MR) is 96.0 cm³/mol. The minimum atomic E-state index is -0.189. The first-order chi connectivity index (χ1) is 11.7. The number of hydrogen-bond acceptors (Lipinski definition) is 4. The Hall–Kier alpha value is -2.32. The van der Waals surface area contributed by atoms with E-state index in [2.05, 4.69) is 27.8 Å². The Morgan fingerprint density at radius 3 is 2.83 bits per heavy atom. The zero-order valence-electron chi connectivity index (χ0n) is 14.0. The third-order valence-electron chi connectivity index (χ3n) is 4.87.